The van der Waals surface area contributed by atoms with Gasteiger partial charge in [0.25, 0.3) is 5.91 Å². The van der Waals surface area contributed by atoms with Crippen molar-refractivity contribution in [3.63, 3.8) is 0 Å². The van der Waals surface area contributed by atoms with Gasteiger partial charge in [-0.3, -0.25) is 9.59 Å². The number of carbonyl (C=O) groups is 3. The van der Waals surface area contributed by atoms with Crippen molar-refractivity contribution in [2.24, 2.45) is 5.41 Å². The number of nitrogens with zero attached hydrogens (tertiary/aromatic N) is 1. The van der Waals surface area contributed by atoms with Crippen molar-refractivity contribution in [2.75, 3.05) is 26.2 Å². The first-order chi connectivity index (χ1) is 17.8. The summed E-state index contributed by atoms with van der Waals surface area (Å²) >= 11 is 0. The molecule has 2 atom stereocenters. The average molecular weight is 542 g/mol. The highest BCUT2D eigenvalue weighted by atomic mass is 19.4. The third-order valence-corrected chi connectivity index (χ3v) is 6.87. The predicted molar refractivity (Wildman–Crippen MR) is 127 cm³/mol. The summed E-state index contributed by atoms with van der Waals surface area (Å²) in [6.45, 7) is 4.69. The van der Waals surface area contributed by atoms with Crippen LogP contribution in [0, 0.1) is 17.0 Å². The van der Waals surface area contributed by atoms with Crippen LogP contribution in [0.15, 0.2) is 48.5 Å². The number of rotatable bonds is 5. The summed E-state index contributed by atoms with van der Waals surface area (Å²) in [5.74, 6) is -3.51. The summed E-state index contributed by atoms with van der Waals surface area (Å²) in [6.07, 6.45) is -3.64. The summed E-state index contributed by atoms with van der Waals surface area (Å²) in [5, 5.41) is 13.1. The Bertz CT molecular complexity index is 1130. The molecule has 0 aromatic heterocycles. The SMILES string of the molecule is C[C@@H](CN1CCC2(CC1)C(=O)NC[C@@H]2c1ccc(F)cc1)NC(=O)c1ccc(F)cc1.O=C(O)C(F)(F)F. The summed E-state index contributed by atoms with van der Waals surface area (Å²) in [6, 6.07) is 11.9. The topological polar surface area (TPSA) is 98.7 Å². The maximum Gasteiger partial charge on any atom is 0.490 e. The molecule has 7 nitrogen and oxygen atoms in total. The zero-order chi connectivity index (χ0) is 28.1. The molecule has 38 heavy (non-hydrogen) atoms. The molecule has 4 rings (SSSR count). The number of carboxylic acid groups (broad SMARTS) is 1. The smallest absolute Gasteiger partial charge is 0.475 e. The van der Waals surface area contributed by atoms with Gasteiger partial charge in [0.2, 0.25) is 5.91 Å². The van der Waals surface area contributed by atoms with Gasteiger partial charge in [-0.2, -0.15) is 13.2 Å². The fourth-order valence-electron chi connectivity index (χ4n) is 4.91. The average Bonchev–Trinajstić information content (AvgIpc) is 3.16. The molecule has 0 radical (unpaired) electrons. The summed E-state index contributed by atoms with van der Waals surface area (Å²) in [7, 11) is 0. The van der Waals surface area contributed by atoms with Crippen LogP contribution in [-0.2, 0) is 9.59 Å². The molecule has 206 valence electrons. The van der Waals surface area contributed by atoms with E-state index in [2.05, 4.69) is 15.5 Å². The molecule has 0 bridgehead atoms. The summed E-state index contributed by atoms with van der Waals surface area (Å²) in [5.41, 5.74) is 0.957. The Morgan fingerprint density at radius 2 is 1.55 bits per heavy atom. The molecule has 0 saturated carbocycles. The molecule has 2 heterocycles. The number of likely N-dealkylation sites (tertiary alicyclic amines) is 1. The molecule has 12 heteroatoms. The lowest BCUT2D eigenvalue weighted by atomic mass is 9.68. The number of halogens is 5. The second kappa shape index (κ2) is 11.9. The van der Waals surface area contributed by atoms with Crippen molar-refractivity contribution in [1.29, 1.82) is 0 Å². The van der Waals surface area contributed by atoms with Crippen LogP contribution in [-0.4, -0.2) is 66.2 Å². The van der Waals surface area contributed by atoms with Crippen molar-refractivity contribution in [1.82, 2.24) is 15.5 Å². The highest BCUT2D eigenvalue weighted by molar-refractivity contribution is 5.94. The normalized spacial score (nSPS) is 19.7. The Balaban J connectivity index is 0.000000505. The van der Waals surface area contributed by atoms with Crippen LogP contribution in [0.1, 0.15) is 41.6 Å². The Morgan fingerprint density at radius 3 is 2.05 bits per heavy atom. The largest absolute Gasteiger partial charge is 0.490 e. The number of piperidine rings is 1. The number of benzene rings is 2. The molecule has 1 spiro atoms. The van der Waals surface area contributed by atoms with Gasteiger partial charge in [-0.15, -0.1) is 0 Å². The number of amides is 2. The van der Waals surface area contributed by atoms with Crippen LogP contribution >= 0.6 is 0 Å². The van der Waals surface area contributed by atoms with Gasteiger partial charge in [0.05, 0.1) is 5.41 Å². The lowest BCUT2D eigenvalue weighted by Crippen LogP contribution is -2.49. The zero-order valence-corrected chi connectivity index (χ0v) is 20.5. The Kier molecular flexibility index (Phi) is 9.08. The van der Waals surface area contributed by atoms with E-state index in [0.717, 1.165) is 31.5 Å². The monoisotopic (exact) mass is 541 g/mol. The van der Waals surface area contributed by atoms with Crippen molar-refractivity contribution < 1.29 is 41.4 Å². The van der Waals surface area contributed by atoms with Crippen LogP contribution in [0.25, 0.3) is 0 Å². The first kappa shape index (κ1) is 29.0. The van der Waals surface area contributed by atoms with Crippen LogP contribution in [0.2, 0.25) is 0 Å². The molecule has 2 aromatic rings. The Morgan fingerprint density at radius 1 is 1.05 bits per heavy atom. The van der Waals surface area contributed by atoms with Crippen LogP contribution in [0.5, 0.6) is 0 Å². The molecule has 2 aliphatic heterocycles. The number of alkyl halides is 3. The number of hydrogen-bond acceptors (Lipinski definition) is 4. The number of carboxylic acids is 1. The van der Waals surface area contributed by atoms with E-state index in [1.807, 2.05) is 6.92 Å². The van der Waals surface area contributed by atoms with E-state index >= 15 is 0 Å². The van der Waals surface area contributed by atoms with Crippen molar-refractivity contribution in [2.45, 2.75) is 37.9 Å². The van der Waals surface area contributed by atoms with Crippen LogP contribution < -0.4 is 10.6 Å². The van der Waals surface area contributed by atoms with E-state index < -0.39 is 17.6 Å². The third-order valence-electron chi connectivity index (χ3n) is 6.87. The van der Waals surface area contributed by atoms with Gasteiger partial charge in [-0.25, -0.2) is 13.6 Å². The van der Waals surface area contributed by atoms with Crippen LogP contribution in [0.4, 0.5) is 22.0 Å². The summed E-state index contributed by atoms with van der Waals surface area (Å²) in [4.78, 5) is 36.3. The fourth-order valence-corrected chi connectivity index (χ4v) is 4.91. The molecule has 2 fully saturated rings. The standard InChI is InChI=1S/C24H27F2N3O2.C2HF3O2/c1-16(28-22(30)18-4-8-20(26)9-5-18)15-29-12-10-24(11-13-29)21(14-27-23(24)31)17-2-6-19(25)7-3-17;3-2(4,5)1(6)7/h2-9,16,21H,10-15H2,1H3,(H,27,31)(H,28,30);(H,6,7)/t16-,21+;/m0./s1. The van der Waals surface area contributed by atoms with E-state index in [1.54, 1.807) is 12.1 Å². The lowest BCUT2D eigenvalue weighted by molar-refractivity contribution is -0.192. The minimum Gasteiger partial charge on any atom is -0.475 e. The molecule has 2 saturated heterocycles. The lowest BCUT2D eigenvalue weighted by Gasteiger charge is -2.41. The van der Waals surface area contributed by atoms with E-state index in [1.165, 1.54) is 36.4 Å². The van der Waals surface area contributed by atoms with E-state index in [9.17, 15) is 31.5 Å². The highest BCUT2D eigenvalue weighted by Crippen LogP contribution is 2.47. The van der Waals surface area contributed by atoms with Crippen LogP contribution in [0.3, 0.4) is 0 Å². The maximum atomic E-state index is 13.3. The zero-order valence-electron chi connectivity index (χ0n) is 20.5. The van der Waals surface area contributed by atoms with Crippen molar-refractivity contribution >= 4 is 17.8 Å². The second-order valence-corrected chi connectivity index (χ2v) is 9.46. The molecular formula is C26H28F5N3O4. The number of carbonyl (C=O) groups excluding carboxylic acids is 2. The van der Waals surface area contributed by atoms with Gasteiger partial charge in [0.15, 0.2) is 0 Å². The van der Waals surface area contributed by atoms with Gasteiger partial charge >= 0.3 is 12.1 Å². The minimum atomic E-state index is -5.08. The summed E-state index contributed by atoms with van der Waals surface area (Å²) < 4.78 is 58.1. The number of aliphatic carboxylic acids is 1. The van der Waals surface area contributed by atoms with Gasteiger partial charge in [0.1, 0.15) is 11.6 Å². The molecule has 3 N–H and O–H groups in total. The third kappa shape index (κ3) is 7.06. The molecule has 0 aliphatic carbocycles. The highest BCUT2D eigenvalue weighted by Gasteiger charge is 2.51. The molecular weight excluding hydrogens is 513 g/mol. The molecule has 2 aliphatic rings. The second-order valence-electron chi connectivity index (χ2n) is 9.46. The molecule has 2 amide bonds. The van der Waals surface area contributed by atoms with E-state index in [4.69, 9.17) is 9.90 Å². The van der Waals surface area contributed by atoms with Gasteiger partial charge in [0, 0.05) is 30.6 Å². The minimum absolute atomic E-state index is 0.0401. The predicted octanol–water partition coefficient (Wildman–Crippen LogP) is 3.71. The molecule has 0 unspecified atom stereocenters. The van der Waals surface area contributed by atoms with Gasteiger partial charge in [-0.1, -0.05) is 12.1 Å². The molecule has 2 aromatic carbocycles. The van der Waals surface area contributed by atoms with Crippen molar-refractivity contribution in [3.05, 3.63) is 71.3 Å². The fraction of sp³-hybridized carbons (Fsp3) is 0.423. The Hall–Kier alpha value is -3.54. The first-order valence-corrected chi connectivity index (χ1v) is 11.9. The van der Waals surface area contributed by atoms with E-state index in [0.29, 0.717) is 18.7 Å². The number of nitrogens with one attached hydrogen (secondary N) is 2. The van der Waals surface area contributed by atoms with Gasteiger partial charge in [-0.05, 0) is 74.8 Å². The number of hydrogen-bond donors (Lipinski definition) is 3. The van der Waals surface area contributed by atoms with Crippen molar-refractivity contribution in [3.8, 4) is 0 Å². The Labute approximate surface area is 216 Å². The first-order valence-electron chi connectivity index (χ1n) is 11.9. The van der Waals surface area contributed by atoms with Gasteiger partial charge < -0.3 is 20.6 Å². The maximum absolute atomic E-state index is 13.3. The quantitative estimate of drug-likeness (QED) is 0.502. The van der Waals surface area contributed by atoms with E-state index in [-0.39, 0.29) is 35.4 Å².